The fourth-order valence-electron chi connectivity index (χ4n) is 2.79. The van der Waals surface area contributed by atoms with Crippen LogP contribution in [0.5, 0.6) is 5.75 Å². The van der Waals surface area contributed by atoms with Crippen LogP contribution in [-0.2, 0) is 6.61 Å². The van der Waals surface area contributed by atoms with Crippen molar-refractivity contribution >= 4 is 5.91 Å². The lowest BCUT2D eigenvalue weighted by Gasteiger charge is -2.30. The van der Waals surface area contributed by atoms with Gasteiger partial charge in [-0.25, -0.2) is 0 Å². The van der Waals surface area contributed by atoms with Gasteiger partial charge in [-0.15, -0.1) is 0 Å². The summed E-state index contributed by atoms with van der Waals surface area (Å²) in [6.45, 7) is 3.81. The highest BCUT2D eigenvalue weighted by atomic mass is 16.5. The monoisotopic (exact) mass is 325 g/mol. The largest absolute Gasteiger partial charge is 0.487 e. The standard InChI is InChI=1S/C19H23N3O2/c1-14-5-6-18(12-21-14)24-13-15-3-2-4-16(11-15)19(23)22-9-7-17(20)8-10-22/h2-6,11-12,17H,7-10,13,20H2,1H3. The Balaban J connectivity index is 1.63. The number of amides is 1. The first-order chi connectivity index (χ1) is 11.6. The van der Waals surface area contributed by atoms with Crippen LogP contribution in [0.3, 0.4) is 0 Å². The summed E-state index contributed by atoms with van der Waals surface area (Å²) >= 11 is 0. The first-order valence-corrected chi connectivity index (χ1v) is 8.31. The van der Waals surface area contributed by atoms with Crippen molar-refractivity contribution < 1.29 is 9.53 Å². The van der Waals surface area contributed by atoms with Gasteiger partial charge in [0, 0.05) is 30.4 Å². The summed E-state index contributed by atoms with van der Waals surface area (Å²) in [4.78, 5) is 18.7. The third-order valence-electron chi connectivity index (χ3n) is 4.29. The fourth-order valence-corrected chi connectivity index (χ4v) is 2.79. The molecule has 5 nitrogen and oxygen atoms in total. The molecule has 2 heterocycles. The molecule has 1 aliphatic heterocycles. The van der Waals surface area contributed by atoms with E-state index in [-0.39, 0.29) is 11.9 Å². The third kappa shape index (κ3) is 4.11. The molecule has 1 aromatic heterocycles. The number of piperidine rings is 1. The van der Waals surface area contributed by atoms with Gasteiger partial charge in [-0.3, -0.25) is 9.78 Å². The van der Waals surface area contributed by atoms with Crippen LogP contribution < -0.4 is 10.5 Å². The van der Waals surface area contributed by atoms with Crippen LogP contribution in [0.2, 0.25) is 0 Å². The van der Waals surface area contributed by atoms with Crippen molar-refractivity contribution in [1.29, 1.82) is 0 Å². The van der Waals surface area contributed by atoms with Crippen LogP contribution in [0, 0.1) is 6.92 Å². The van der Waals surface area contributed by atoms with Gasteiger partial charge in [0.1, 0.15) is 12.4 Å². The van der Waals surface area contributed by atoms with Crippen molar-refractivity contribution in [3.05, 3.63) is 59.4 Å². The zero-order chi connectivity index (χ0) is 16.9. The second-order valence-corrected chi connectivity index (χ2v) is 6.25. The van der Waals surface area contributed by atoms with Gasteiger partial charge in [-0.2, -0.15) is 0 Å². The maximum atomic E-state index is 12.6. The molecule has 24 heavy (non-hydrogen) atoms. The van der Waals surface area contributed by atoms with E-state index in [1.165, 1.54) is 0 Å². The molecule has 1 aliphatic rings. The number of aromatic nitrogens is 1. The average Bonchev–Trinajstić information content (AvgIpc) is 2.61. The summed E-state index contributed by atoms with van der Waals surface area (Å²) in [5.41, 5.74) is 8.53. The van der Waals surface area contributed by atoms with E-state index in [0.29, 0.717) is 12.2 Å². The molecule has 0 spiro atoms. The first kappa shape index (κ1) is 16.5. The van der Waals surface area contributed by atoms with E-state index < -0.39 is 0 Å². The van der Waals surface area contributed by atoms with Crippen molar-refractivity contribution in [3.63, 3.8) is 0 Å². The molecule has 5 heteroatoms. The van der Waals surface area contributed by atoms with Gasteiger partial charge in [-0.05, 0) is 49.6 Å². The Morgan fingerprint density at radius 2 is 2.08 bits per heavy atom. The molecule has 1 aromatic carbocycles. The number of rotatable bonds is 4. The minimum absolute atomic E-state index is 0.0701. The number of ether oxygens (including phenoxy) is 1. The lowest BCUT2D eigenvalue weighted by atomic mass is 10.0. The molecule has 0 saturated carbocycles. The first-order valence-electron chi connectivity index (χ1n) is 8.31. The molecule has 126 valence electrons. The Morgan fingerprint density at radius 3 is 2.79 bits per heavy atom. The molecule has 1 fully saturated rings. The third-order valence-corrected chi connectivity index (χ3v) is 4.29. The van der Waals surface area contributed by atoms with Crippen LogP contribution in [0.1, 0.15) is 34.5 Å². The molecular weight excluding hydrogens is 302 g/mol. The van der Waals surface area contributed by atoms with E-state index in [2.05, 4.69) is 4.98 Å². The number of hydrogen-bond acceptors (Lipinski definition) is 4. The van der Waals surface area contributed by atoms with Crippen LogP contribution in [0.15, 0.2) is 42.6 Å². The highest BCUT2D eigenvalue weighted by Crippen LogP contribution is 2.16. The quantitative estimate of drug-likeness (QED) is 0.938. The molecule has 1 saturated heterocycles. The Bertz CT molecular complexity index is 692. The number of carbonyl (C=O) groups is 1. The number of nitrogens with two attached hydrogens (primary N) is 1. The molecular formula is C19H23N3O2. The number of hydrogen-bond donors (Lipinski definition) is 1. The molecule has 0 unspecified atom stereocenters. The molecule has 0 atom stereocenters. The lowest BCUT2D eigenvalue weighted by molar-refractivity contribution is 0.0714. The maximum Gasteiger partial charge on any atom is 0.253 e. The summed E-state index contributed by atoms with van der Waals surface area (Å²) in [5.74, 6) is 0.795. The fraction of sp³-hybridized carbons (Fsp3) is 0.368. The highest BCUT2D eigenvalue weighted by Gasteiger charge is 2.21. The van der Waals surface area contributed by atoms with Gasteiger partial charge in [0.05, 0.1) is 6.20 Å². The molecule has 3 rings (SSSR count). The second-order valence-electron chi connectivity index (χ2n) is 6.25. The number of nitrogens with zero attached hydrogens (tertiary/aromatic N) is 2. The Kier molecular flexibility index (Phi) is 5.11. The summed E-state index contributed by atoms with van der Waals surface area (Å²) in [5, 5.41) is 0. The van der Waals surface area contributed by atoms with Crippen molar-refractivity contribution in [2.24, 2.45) is 5.73 Å². The SMILES string of the molecule is Cc1ccc(OCc2cccc(C(=O)N3CCC(N)CC3)c2)cn1. The van der Waals surface area contributed by atoms with Gasteiger partial charge in [0.2, 0.25) is 0 Å². The van der Waals surface area contributed by atoms with E-state index >= 15 is 0 Å². The number of benzene rings is 1. The maximum absolute atomic E-state index is 12.6. The van der Waals surface area contributed by atoms with E-state index in [9.17, 15) is 4.79 Å². The zero-order valence-corrected chi connectivity index (χ0v) is 13.9. The summed E-state index contributed by atoms with van der Waals surface area (Å²) < 4.78 is 5.74. The predicted molar refractivity (Wildman–Crippen MR) is 92.9 cm³/mol. The van der Waals surface area contributed by atoms with Gasteiger partial charge in [-0.1, -0.05) is 12.1 Å². The number of aryl methyl sites for hydroxylation is 1. The molecule has 0 radical (unpaired) electrons. The van der Waals surface area contributed by atoms with E-state index in [1.807, 2.05) is 48.2 Å². The summed E-state index contributed by atoms with van der Waals surface area (Å²) in [7, 11) is 0. The Labute approximate surface area is 142 Å². The smallest absolute Gasteiger partial charge is 0.253 e. The molecule has 1 amide bonds. The predicted octanol–water partition coefficient (Wildman–Crippen LogP) is 2.53. The second kappa shape index (κ2) is 7.45. The van der Waals surface area contributed by atoms with E-state index in [4.69, 9.17) is 10.5 Å². The number of carbonyl (C=O) groups excluding carboxylic acids is 1. The molecule has 2 N–H and O–H groups in total. The van der Waals surface area contributed by atoms with Crippen LogP contribution in [0.4, 0.5) is 0 Å². The Hall–Kier alpha value is -2.40. The number of likely N-dealkylation sites (tertiary alicyclic amines) is 1. The molecule has 0 bridgehead atoms. The van der Waals surface area contributed by atoms with Gasteiger partial charge in [0.15, 0.2) is 0 Å². The van der Waals surface area contributed by atoms with Crippen LogP contribution in [0.25, 0.3) is 0 Å². The van der Waals surface area contributed by atoms with E-state index in [1.54, 1.807) is 6.20 Å². The lowest BCUT2D eigenvalue weighted by Crippen LogP contribution is -2.42. The molecule has 0 aliphatic carbocycles. The summed E-state index contributed by atoms with van der Waals surface area (Å²) in [6, 6.07) is 11.6. The minimum Gasteiger partial charge on any atom is -0.487 e. The van der Waals surface area contributed by atoms with Crippen LogP contribution >= 0.6 is 0 Å². The van der Waals surface area contributed by atoms with Gasteiger partial charge < -0.3 is 15.4 Å². The normalized spacial score (nSPS) is 15.3. The average molecular weight is 325 g/mol. The topological polar surface area (TPSA) is 68.5 Å². The van der Waals surface area contributed by atoms with E-state index in [0.717, 1.165) is 42.9 Å². The number of pyridine rings is 1. The van der Waals surface area contributed by atoms with Crippen LogP contribution in [-0.4, -0.2) is 34.9 Å². The highest BCUT2D eigenvalue weighted by molar-refractivity contribution is 5.94. The Morgan fingerprint density at radius 1 is 1.29 bits per heavy atom. The van der Waals surface area contributed by atoms with Crippen molar-refractivity contribution in [3.8, 4) is 5.75 Å². The van der Waals surface area contributed by atoms with Gasteiger partial charge >= 0.3 is 0 Å². The van der Waals surface area contributed by atoms with Crippen molar-refractivity contribution in [1.82, 2.24) is 9.88 Å². The van der Waals surface area contributed by atoms with Crippen molar-refractivity contribution in [2.45, 2.75) is 32.4 Å². The zero-order valence-electron chi connectivity index (χ0n) is 13.9. The molecule has 2 aromatic rings. The summed E-state index contributed by atoms with van der Waals surface area (Å²) in [6.07, 6.45) is 3.45. The van der Waals surface area contributed by atoms with Crippen molar-refractivity contribution in [2.75, 3.05) is 13.1 Å². The minimum atomic E-state index is 0.0701. The van der Waals surface area contributed by atoms with Gasteiger partial charge in [0.25, 0.3) is 5.91 Å².